The highest BCUT2D eigenvalue weighted by molar-refractivity contribution is 6.31. The van der Waals surface area contributed by atoms with Crippen LogP contribution in [-0.2, 0) is 22.6 Å². The zero-order valence-electron chi connectivity index (χ0n) is 21.6. The van der Waals surface area contributed by atoms with Crippen molar-refractivity contribution in [1.29, 1.82) is 0 Å². The first kappa shape index (κ1) is 26.7. The van der Waals surface area contributed by atoms with Gasteiger partial charge in [0.2, 0.25) is 5.91 Å². The van der Waals surface area contributed by atoms with Crippen molar-refractivity contribution in [1.82, 2.24) is 10.2 Å². The summed E-state index contributed by atoms with van der Waals surface area (Å²) in [6, 6.07) is 22.6. The van der Waals surface area contributed by atoms with Crippen LogP contribution in [0.15, 0.2) is 72.8 Å². The maximum absolute atomic E-state index is 13.8. The van der Waals surface area contributed by atoms with E-state index in [2.05, 4.69) is 11.4 Å². The minimum absolute atomic E-state index is 0.137. The highest BCUT2D eigenvalue weighted by Gasteiger charge is 2.32. The first-order valence-corrected chi connectivity index (χ1v) is 13.3. The predicted octanol–water partition coefficient (Wildman–Crippen LogP) is 6.03. The number of rotatable bonds is 10. The molecule has 1 N–H and O–H groups in total. The van der Waals surface area contributed by atoms with Crippen LogP contribution in [0, 0.1) is 13.8 Å². The first-order chi connectivity index (χ1) is 17.9. The van der Waals surface area contributed by atoms with E-state index in [1.54, 1.807) is 11.0 Å². The molecule has 194 valence electrons. The van der Waals surface area contributed by atoms with Gasteiger partial charge in [0.25, 0.3) is 5.91 Å². The van der Waals surface area contributed by atoms with Gasteiger partial charge in [-0.25, -0.2) is 0 Å². The molecule has 0 spiro atoms. The third-order valence-electron chi connectivity index (χ3n) is 6.83. The monoisotopic (exact) mass is 518 g/mol. The number of amides is 2. The van der Waals surface area contributed by atoms with Gasteiger partial charge in [-0.15, -0.1) is 0 Å². The number of hydrogen-bond acceptors (Lipinski definition) is 3. The van der Waals surface area contributed by atoms with E-state index in [4.69, 9.17) is 16.3 Å². The molecule has 0 bridgehead atoms. The zero-order valence-corrected chi connectivity index (χ0v) is 22.3. The second kappa shape index (κ2) is 12.8. The lowest BCUT2D eigenvalue weighted by Gasteiger charge is -2.32. The molecule has 0 aromatic heterocycles. The fraction of sp³-hybridized carbons (Fsp3) is 0.355. The SMILES string of the molecule is Cc1cc(C)cc(OCC(=O)N(Cc2ccccc2Cl)[C@H](Cc2ccccc2)C(=O)NC2CCCC2)c1. The van der Waals surface area contributed by atoms with Crippen LogP contribution < -0.4 is 10.1 Å². The van der Waals surface area contributed by atoms with E-state index in [9.17, 15) is 9.59 Å². The van der Waals surface area contributed by atoms with Crippen LogP contribution in [0.5, 0.6) is 5.75 Å². The topological polar surface area (TPSA) is 58.6 Å². The van der Waals surface area contributed by atoms with Crippen molar-refractivity contribution in [3.63, 3.8) is 0 Å². The summed E-state index contributed by atoms with van der Waals surface area (Å²) in [6.45, 7) is 4.03. The number of aryl methyl sites for hydroxylation is 2. The molecule has 0 unspecified atom stereocenters. The normalized spacial score (nSPS) is 14.2. The molecule has 4 rings (SSSR count). The molecule has 1 atom stereocenters. The van der Waals surface area contributed by atoms with E-state index in [0.29, 0.717) is 17.2 Å². The Morgan fingerprint density at radius 1 is 0.973 bits per heavy atom. The maximum Gasteiger partial charge on any atom is 0.261 e. The predicted molar refractivity (Wildman–Crippen MR) is 148 cm³/mol. The van der Waals surface area contributed by atoms with Gasteiger partial charge in [0.1, 0.15) is 11.8 Å². The Hall–Kier alpha value is -3.31. The average Bonchev–Trinajstić information content (AvgIpc) is 3.39. The molecule has 1 fully saturated rings. The van der Waals surface area contributed by atoms with Crippen LogP contribution >= 0.6 is 11.6 Å². The van der Waals surface area contributed by atoms with Crippen molar-refractivity contribution in [3.8, 4) is 5.75 Å². The molecule has 3 aromatic carbocycles. The van der Waals surface area contributed by atoms with Gasteiger partial charge in [0, 0.05) is 24.0 Å². The molecular formula is C31H35ClN2O3. The lowest BCUT2D eigenvalue weighted by Crippen LogP contribution is -2.53. The summed E-state index contributed by atoms with van der Waals surface area (Å²) < 4.78 is 5.94. The highest BCUT2D eigenvalue weighted by Crippen LogP contribution is 2.23. The zero-order chi connectivity index (χ0) is 26.2. The third-order valence-corrected chi connectivity index (χ3v) is 7.20. The molecule has 3 aromatic rings. The smallest absolute Gasteiger partial charge is 0.261 e. The quantitative estimate of drug-likeness (QED) is 0.356. The molecule has 1 aliphatic carbocycles. The fourth-order valence-corrected chi connectivity index (χ4v) is 5.17. The molecule has 2 amide bonds. The van der Waals surface area contributed by atoms with E-state index >= 15 is 0 Å². The number of carbonyl (C=O) groups excluding carboxylic acids is 2. The van der Waals surface area contributed by atoms with Gasteiger partial charge in [-0.1, -0.05) is 79.0 Å². The lowest BCUT2D eigenvalue weighted by atomic mass is 10.0. The molecule has 5 nitrogen and oxygen atoms in total. The minimum Gasteiger partial charge on any atom is -0.484 e. The minimum atomic E-state index is -0.699. The molecule has 6 heteroatoms. The summed E-state index contributed by atoms with van der Waals surface area (Å²) in [5.74, 6) is 0.239. The van der Waals surface area contributed by atoms with Crippen molar-refractivity contribution in [2.24, 2.45) is 0 Å². The van der Waals surface area contributed by atoms with E-state index in [1.165, 1.54) is 0 Å². The number of benzene rings is 3. The van der Waals surface area contributed by atoms with E-state index in [-0.39, 0.29) is 31.0 Å². The maximum atomic E-state index is 13.8. The number of carbonyl (C=O) groups is 2. The second-order valence-electron chi connectivity index (χ2n) is 9.92. The van der Waals surface area contributed by atoms with Crippen LogP contribution in [0.3, 0.4) is 0 Å². The largest absolute Gasteiger partial charge is 0.484 e. The van der Waals surface area contributed by atoms with Crippen molar-refractivity contribution < 1.29 is 14.3 Å². The Morgan fingerprint density at radius 3 is 2.30 bits per heavy atom. The Bertz CT molecular complexity index is 1190. The summed E-state index contributed by atoms with van der Waals surface area (Å²) in [4.78, 5) is 29.1. The summed E-state index contributed by atoms with van der Waals surface area (Å²) in [7, 11) is 0. The lowest BCUT2D eigenvalue weighted by molar-refractivity contribution is -0.143. The fourth-order valence-electron chi connectivity index (χ4n) is 4.98. The summed E-state index contributed by atoms with van der Waals surface area (Å²) >= 11 is 6.49. The number of halogens is 1. The number of nitrogens with zero attached hydrogens (tertiary/aromatic N) is 1. The van der Waals surface area contributed by atoms with Crippen molar-refractivity contribution in [2.75, 3.05) is 6.61 Å². The highest BCUT2D eigenvalue weighted by atomic mass is 35.5. The molecular weight excluding hydrogens is 484 g/mol. The van der Waals surface area contributed by atoms with E-state index in [0.717, 1.165) is 47.9 Å². The van der Waals surface area contributed by atoms with Gasteiger partial charge >= 0.3 is 0 Å². The summed E-state index contributed by atoms with van der Waals surface area (Å²) in [6.07, 6.45) is 4.57. The second-order valence-corrected chi connectivity index (χ2v) is 10.3. The molecule has 1 aliphatic rings. The van der Waals surface area contributed by atoms with E-state index in [1.807, 2.05) is 74.5 Å². The Kier molecular flexibility index (Phi) is 9.24. The van der Waals surface area contributed by atoms with Crippen molar-refractivity contribution in [3.05, 3.63) is 100 Å². The summed E-state index contributed by atoms with van der Waals surface area (Å²) in [5, 5.41) is 3.78. The van der Waals surface area contributed by atoms with Gasteiger partial charge in [-0.05, 0) is 67.1 Å². The van der Waals surface area contributed by atoms with E-state index < -0.39 is 6.04 Å². The molecule has 0 radical (unpaired) electrons. The van der Waals surface area contributed by atoms with Crippen molar-refractivity contribution in [2.45, 2.75) is 64.6 Å². The van der Waals surface area contributed by atoms with Gasteiger partial charge in [-0.3, -0.25) is 9.59 Å². The van der Waals surface area contributed by atoms with Crippen LogP contribution in [0.4, 0.5) is 0 Å². The van der Waals surface area contributed by atoms with Gasteiger partial charge in [-0.2, -0.15) is 0 Å². The number of hydrogen-bond donors (Lipinski definition) is 1. The first-order valence-electron chi connectivity index (χ1n) is 13.0. The Balaban J connectivity index is 1.62. The van der Waals surface area contributed by atoms with Gasteiger partial charge in [0.05, 0.1) is 0 Å². The third kappa shape index (κ3) is 7.59. The standard InChI is InChI=1S/C31H35ClN2O3/c1-22-16-23(2)18-27(17-22)37-21-30(35)34(20-25-12-6-9-15-28(25)32)29(19-24-10-4-3-5-11-24)31(36)33-26-13-7-8-14-26/h3-6,9-12,15-18,26,29H,7-8,13-14,19-21H2,1-2H3,(H,33,36)/t29-/m1/s1. The van der Waals surface area contributed by atoms with Crippen LogP contribution in [0.25, 0.3) is 0 Å². The number of ether oxygens (including phenoxy) is 1. The molecule has 37 heavy (non-hydrogen) atoms. The Labute approximate surface area is 224 Å². The van der Waals surface area contributed by atoms with Crippen LogP contribution in [0.1, 0.15) is 47.9 Å². The van der Waals surface area contributed by atoms with Gasteiger partial charge in [0.15, 0.2) is 6.61 Å². The van der Waals surface area contributed by atoms with Crippen molar-refractivity contribution >= 4 is 23.4 Å². The number of nitrogens with one attached hydrogen (secondary N) is 1. The van der Waals surface area contributed by atoms with Gasteiger partial charge < -0.3 is 15.0 Å². The molecule has 1 saturated carbocycles. The summed E-state index contributed by atoms with van der Waals surface area (Å²) in [5.41, 5.74) is 3.90. The molecule has 0 heterocycles. The molecule has 0 aliphatic heterocycles. The Morgan fingerprint density at radius 2 is 1.62 bits per heavy atom. The van der Waals surface area contributed by atoms with Crippen LogP contribution in [-0.4, -0.2) is 35.4 Å². The molecule has 0 saturated heterocycles. The average molecular weight is 519 g/mol. The van der Waals surface area contributed by atoms with Crippen LogP contribution in [0.2, 0.25) is 5.02 Å².